The lowest BCUT2D eigenvalue weighted by Gasteiger charge is -2.24. The minimum Gasteiger partial charge on any atom is -0.497 e. The lowest BCUT2D eigenvalue weighted by molar-refractivity contribution is -0.119. The molecule has 1 N–H and O–H groups in total. The second kappa shape index (κ2) is 11.6. The predicted octanol–water partition coefficient (Wildman–Crippen LogP) is 5.86. The number of hydrogen-bond donors (Lipinski definition) is 1. The number of anilines is 1. The number of halogens is 3. The molecule has 0 radical (unpaired) electrons. The highest BCUT2D eigenvalue weighted by Crippen LogP contribution is 2.30. The molecule has 38 heavy (non-hydrogen) atoms. The van der Waals surface area contributed by atoms with Crippen molar-refractivity contribution in [1.29, 1.82) is 0 Å². The van der Waals surface area contributed by atoms with Crippen LogP contribution in [0.15, 0.2) is 76.7 Å². The van der Waals surface area contributed by atoms with E-state index in [0.29, 0.717) is 16.8 Å². The summed E-state index contributed by atoms with van der Waals surface area (Å²) in [7, 11) is -2.60. The van der Waals surface area contributed by atoms with Crippen LogP contribution in [0.4, 0.5) is 5.69 Å². The van der Waals surface area contributed by atoms with Crippen LogP contribution in [-0.4, -0.2) is 39.2 Å². The van der Waals surface area contributed by atoms with Crippen LogP contribution >= 0.6 is 34.8 Å². The molecule has 0 unspecified atom stereocenters. The van der Waals surface area contributed by atoms with Gasteiger partial charge in [-0.15, -0.1) is 0 Å². The van der Waals surface area contributed by atoms with Crippen molar-refractivity contribution < 1.29 is 17.9 Å². The van der Waals surface area contributed by atoms with E-state index in [9.17, 15) is 13.2 Å². The number of hydrogen-bond acceptors (Lipinski definition) is 6. The molecule has 0 spiro atoms. The third-order valence-corrected chi connectivity index (χ3v) is 7.96. The fraction of sp³-hybridized carbons (Fsp3) is 0.115. The van der Waals surface area contributed by atoms with E-state index >= 15 is 0 Å². The largest absolute Gasteiger partial charge is 0.497 e. The van der Waals surface area contributed by atoms with Crippen molar-refractivity contribution in [3.8, 4) is 5.75 Å². The molecule has 4 rings (SSSR count). The van der Waals surface area contributed by atoms with Gasteiger partial charge in [-0.05, 0) is 55.5 Å². The summed E-state index contributed by atoms with van der Waals surface area (Å²) < 4.78 is 33.1. The van der Waals surface area contributed by atoms with Crippen molar-refractivity contribution in [2.45, 2.75) is 11.8 Å². The minimum absolute atomic E-state index is 0.00106. The van der Waals surface area contributed by atoms with Crippen molar-refractivity contribution in [2.24, 2.45) is 5.10 Å². The molecule has 0 atom stereocenters. The maximum absolute atomic E-state index is 13.5. The Morgan fingerprint density at radius 1 is 1.03 bits per heavy atom. The molecule has 8 nitrogen and oxygen atoms in total. The van der Waals surface area contributed by atoms with Gasteiger partial charge in [-0.2, -0.15) is 5.10 Å². The van der Waals surface area contributed by atoms with Crippen LogP contribution in [0, 0.1) is 6.92 Å². The zero-order valence-corrected chi connectivity index (χ0v) is 23.2. The Morgan fingerprint density at radius 2 is 1.71 bits per heavy atom. The Balaban J connectivity index is 1.58. The number of hydrazone groups is 1. The van der Waals surface area contributed by atoms with Crippen LogP contribution < -0.4 is 14.5 Å². The molecule has 196 valence electrons. The monoisotopic (exact) mass is 590 g/mol. The second-order valence-corrected chi connectivity index (χ2v) is 11.3. The standard InChI is InChI=1S/C26H21Cl3N4O4S/c1-16-3-7-23(8-4-16)38(35,36)33(21-11-19(27)10-20(28)12-21)15-25(34)32-30-14-18-9-17-5-6-22(37-2)13-24(17)31-26(18)29/h3-14H,15H2,1-2H3,(H,32,34)/b30-14-. The molecule has 3 aromatic carbocycles. The van der Waals surface area contributed by atoms with Crippen LogP contribution in [0.5, 0.6) is 5.75 Å². The van der Waals surface area contributed by atoms with Gasteiger partial charge in [0, 0.05) is 27.1 Å². The highest BCUT2D eigenvalue weighted by molar-refractivity contribution is 7.92. The highest BCUT2D eigenvalue weighted by atomic mass is 35.5. The molecular weight excluding hydrogens is 571 g/mol. The van der Waals surface area contributed by atoms with Crippen molar-refractivity contribution in [1.82, 2.24) is 10.4 Å². The van der Waals surface area contributed by atoms with Gasteiger partial charge in [0.25, 0.3) is 15.9 Å². The van der Waals surface area contributed by atoms with Crippen molar-refractivity contribution >= 4 is 73.5 Å². The van der Waals surface area contributed by atoms with E-state index in [1.165, 1.54) is 36.5 Å². The average molecular weight is 592 g/mol. The average Bonchev–Trinajstić information content (AvgIpc) is 2.86. The van der Waals surface area contributed by atoms with E-state index in [2.05, 4.69) is 15.5 Å². The number of amides is 1. The van der Waals surface area contributed by atoms with Crippen LogP contribution in [0.2, 0.25) is 15.2 Å². The van der Waals surface area contributed by atoms with Crippen molar-refractivity contribution in [3.05, 3.63) is 93.1 Å². The number of aromatic nitrogens is 1. The zero-order chi connectivity index (χ0) is 27.4. The van der Waals surface area contributed by atoms with Gasteiger partial charge >= 0.3 is 0 Å². The van der Waals surface area contributed by atoms with Crippen LogP contribution in [0.25, 0.3) is 10.9 Å². The summed E-state index contributed by atoms with van der Waals surface area (Å²) in [5.41, 5.74) is 4.43. The summed E-state index contributed by atoms with van der Waals surface area (Å²) in [4.78, 5) is 17.2. The fourth-order valence-electron chi connectivity index (χ4n) is 3.53. The fourth-order valence-corrected chi connectivity index (χ4v) is 5.65. The first kappa shape index (κ1) is 27.7. The lowest BCUT2D eigenvalue weighted by atomic mass is 10.1. The van der Waals surface area contributed by atoms with Gasteiger partial charge in [0.1, 0.15) is 17.4 Å². The third kappa shape index (κ3) is 6.36. The number of aryl methyl sites for hydroxylation is 1. The number of carbonyl (C=O) groups is 1. The number of nitrogens with zero attached hydrogens (tertiary/aromatic N) is 3. The quantitative estimate of drug-likeness (QED) is 0.157. The summed E-state index contributed by atoms with van der Waals surface area (Å²) in [6.07, 6.45) is 1.33. The molecule has 12 heteroatoms. The first-order valence-electron chi connectivity index (χ1n) is 11.1. The van der Waals surface area contributed by atoms with Crippen molar-refractivity contribution in [3.63, 3.8) is 0 Å². The molecule has 4 aromatic rings. The first-order valence-corrected chi connectivity index (χ1v) is 13.7. The topological polar surface area (TPSA) is 101 Å². The molecule has 1 heterocycles. The molecule has 0 saturated carbocycles. The Kier molecular flexibility index (Phi) is 8.42. The molecular formula is C26H21Cl3N4O4S. The lowest BCUT2D eigenvalue weighted by Crippen LogP contribution is -2.39. The van der Waals surface area contributed by atoms with Gasteiger partial charge < -0.3 is 4.74 Å². The summed E-state index contributed by atoms with van der Waals surface area (Å²) in [6.45, 7) is 1.25. The Labute approximate surface area is 234 Å². The molecule has 1 aromatic heterocycles. The number of pyridine rings is 1. The highest BCUT2D eigenvalue weighted by Gasteiger charge is 2.27. The van der Waals surface area contributed by atoms with E-state index in [0.717, 1.165) is 15.3 Å². The molecule has 0 saturated heterocycles. The summed E-state index contributed by atoms with van der Waals surface area (Å²) in [5, 5.41) is 5.33. The van der Waals surface area contributed by atoms with Gasteiger partial charge in [-0.3, -0.25) is 9.10 Å². The van der Waals surface area contributed by atoms with Gasteiger partial charge in [-0.1, -0.05) is 52.5 Å². The van der Waals surface area contributed by atoms with E-state index in [-0.39, 0.29) is 25.8 Å². The Morgan fingerprint density at radius 3 is 2.37 bits per heavy atom. The Hall–Kier alpha value is -3.37. The number of rotatable bonds is 8. The van der Waals surface area contributed by atoms with E-state index in [1.807, 2.05) is 13.0 Å². The summed E-state index contributed by atoms with van der Waals surface area (Å²) in [5.74, 6) is -0.0662. The second-order valence-electron chi connectivity index (χ2n) is 8.17. The van der Waals surface area contributed by atoms with Gasteiger partial charge in [-0.25, -0.2) is 18.8 Å². The van der Waals surface area contributed by atoms with Gasteiger partial charge in [0.05, 0.1) is 29.4 Å². The van der Waals surface area contributed by atoms with E-state index in [1.54, 1.807) is 37.4 Å². The molecule has 0 bridgehead atoms. The zero-order valence-electron chi connectivity index (χ0n) is 20.2. The van der Waals surface area contributed by atoms with Crippen molar-refractivity contribution in [2.75, 3.05) is 18.0 Å². The number of methoxy groups -OCH3 is 1. The SMILES string of the molecule is COc1ccc2cc(/C=N\NC(=O)CN(c3cc(Cl)cc(Cl)c3)S(=O)(=O)c3ccc(C)cc3)c(Cl)nc2c1. The van der Waals surface area contributed by atoms with Crippen LogP contribution in [0.1, 0.15) is 11.1 Å². The summed E-state index contributed by atoms with van der Waals surface area (Å²) in [6, 6.07) is 17.6. The number of benzene rings is 3. The Bertz CT molecular complexity index is 1620. The molecule has 1 amide bonds. The maximum atomic E-state index is 13.5. The van der Waals surface area contributed by atoms with E-state index in [4.69, 9.17) is 39.5 Å². The molecule has 0 aliphatic heterocycles. The smallest absolute Gasteiger partial charge is 0.264 e. The number of ether oxygens (including phenoxy) is 1. The summed E-state index contributed by atoms with van der Waals surface area (Å²) >= 11 is 18.5. The van der Waals surface area contributed by atoms with Crippen LogP contribution in [0.3, 0.4) is 0 Å². The number of fused-ring (bicyclic) bond motifs is 1. The number of carbonyl (C=O) groups excluding carboxylic acids is 1. The molecule has 0 aliphatic rings. The number of sulfonamides is 1. The predicted molar refractivity (Wildman–Crippen MR) is 151 cm³/mol. The van der Waals surface area contributed by atoms with Gasteiger partial charge in [0.15, 0.2) is 0 Å². The first-order chi connectivity index (χ1) is 18.1. The molecule has 0 fully saturated rings. The van der Waals surface area contributed by atoms with Crippen LogP contribution in [-0.2, 0) is 14.8 Å². The van der Waals surface area contributed by atoms with E-state index < -0.39 is 22.5 Å². The minimum atomic E-state index is -4.15. The van der Waals surface area contributed by atoms with Gasteiger partial charge in [0.2, 0.25) is 0 Å². The normalized spacial score (nSPS) is 11.6. The third-order valence-electron chi connectivity index (χ3n) is 5.43. The number of nitrogens with one attached hydrogen (secondary N) is 1. The molecule has 0 aliphatic carbocycles. The maximum Gasteiger partial charge on any atom is 0.264 e.